The zero-order chi connectivity index (χ0) is 18.6. The molecule has 0 aliphatic carbocycles. The van der Waals surface area contributed by atoms with Gasteiger partial charge >= 0.3 is 0 Å². The van der Waals surface area contributed by atoms with E-state index in [4.69, 9.17) is 9.47 Å². The highest BCUT2D eigenvalue weighted by Crippen LogP contribution is 2.17. The van der Waals surface area contributed by atoms with Gasteiger partial charge in [0.2, 0.25) is 0 Å². The Bertz CT molecular complexity index is 585. The quantitative estimate of drug-likeness (QED) is 0.574. The fourth-order valence-electron chi connectivity index (χ4n) is 2.90. The fourth-order valence-corrected chi connectivity index (χ4v) is 2.90. The first-order valence-corrected chi connectivity index (χ1v) is 9.68. The lowest BCUT2D eigenvalue weighted by molar-refractivity contribution is -0.0818. The van der Waals surface area contributed by atoms with Crippen molar-refractivity contribution >= 4 is 0 Å². The lowest BCUT2D eigenvalue weighted by Gasteiger charge is -2.25. The zero-order valence-corrected chi connectivity index (χ0v) is 16.0. The molecule has 3 atom stereocenters. The lowest BCUT2D eigenvalue weighted by Crippen LogP contribution is -2.29. The molecule has 1 N–H and O–H groups in total. The summed E-state index contributed by atoms with van der Waals surface area (Å²) in [5, 5.41) is 9.80. The molecule has 0 aromatic heterocycles. The number of hydrogen-bond donors (Lipinski definition) is 1. The van der Waals surface area contributed by atoms with Crippen LogP contribution in [0.1, 0.15) is 50.7 Å². The number of aliphatic hydroxyl groups is 1. The Labute approximate surface area is 158 Å². The van der Waals surface area contributed by atoms with Gasteiger partial charge in [-0.3, -0.25) is 0 Å². The van der Waals surface area contributed by atoms with Crippen LogP contribution in [-0.2, 0) is 22.7 Å². The molecule has 0 aliphatic heterocycles. The van der Waals surface area contributed by atoms with Crippen LogP contribution in [-0.4, -0.2) is 23.4 Å². The first-order chi connectivity index (χ1) is 12.7. The number of ether oxygens (including phenoxy) is 2. The van der Waals surface area contributed by atoms with Gasteiger partial charge in [-0.25, -0.2) is 0 Å². The maximum Gasteiger partial charge on any atom is 0.0838 e. The first-order valence-electron chi connectivity index (χ1n) is 9.68. The molecular weight excluding hydrogens is 324 g/mol. The molecule has 0 radical (unpaired) electrons. The minimum absolute atomic E-state index is 0.00214. The van der Waals surface area contributed by atoms with E-state index >= 15 is 0 Å². The molecule has 0 amide bonds. The first kappa shape index (κ1) is 20.6. The fraction of sp³-hybridized carbons (Fsp3) is 0.478. The molecule has 0 fully saturated rings. The van der Waals surface area contributed by atoms with Crippen LogP contribution >= 0.6 is 0 Å². The van der Waals surface area contributed by atoms with Crippen LogP contribution < -0.4 is 0 Å². The molecule has 142 valence electrons. The average Bonchev–Trinajstić information content (AvgIpc) is 2.70. The molecule has 0 saturated carbocycles. The third-order valence-electron chi connectivity index (χ3n) is 4.68. The Balaban J connectivity index is 1.87. The highest BCUT2D eigenvalue weighted by molar-refractivity contribution is 5.14. The molecule has 2 aromatic carbocycles. The summed E-state index contributed by atoms with van der Waals surface area (Å²) < 4.78 is 12.3. The highest BCUT2D eigenvalue weighted by Gasteiger charge is 2.19. The zero-order valence-electron chi connectivity index (χ0n) is 16.0. The third-order valence-corrected chi connectivity index (χ3v) is 4.68. The standard InChI is InChI=1S/C23H32O3/c1-3-22(24)15-10-16-23(26-18-21-13-8-5-9-14-21)19(2)25-17-20-11-6-4-7-12-20/h4-9,11-14,19,22-24H,3,10,15-18H2,1-2H3/t19-,22?,23-/m1/s1. The van der Waals surface area contributed by atoms with Crippen LogP contribution in [0.3, 0.4) is 0 Å². The lowest BCUT2D eigenvalue weighted by atomic mass is 10.0. The molecule has 26 heavy (non-hydrogen) atoms. The molecule has 3 nitrogen and oxygen atoms in total. The van der Waals surface area contributed by atoms with E-state index in [1.807, 2.05) is 43.3 Å². The molecule has 0 spiro atoms. The van der Waals surface area contributed by atoms with Gasteiger partial charge in [0.15, 0.2) is 0 Å². The highest BCUT2D eigenvalue weighted by atomic mass is 16.5. The monoisotopic (exact) mass is 356 g/mol. The maximum absolute atomic E-state index is 9.80. The van der Waals surface area contributed by atoms with Crippen LogP contribution in [0.5, 0.6) is 0 Å². The molecule has 2 aromatic rings. The minimum atomic E-state index is -0.217. The van der Waals surface area contributed by atoms with Crippen LogP contribution in [0.15, 0.2) is 60.7 Å². The summed E-state index contributed by atoms with van der Waals surface area (Å²) in [6.07, 6.45) is 3.24. The van der Waals surface area contributed by atoms with Crippen molar-refractivity contribution < 1.29 is 14.6 Å². The van der Waals surface area contributed by atoms with Crippen molar-refractivity contribution in [1.29, 1.82) is 0 Å². The van der Waals surface area contributed by atoms with E-state index in [0.29, 0.717) is 13.2 Å². The van der Waals surface area contributed by atoms with Crippen molar-refractivity contribution in [1.82, 2.24) is 0 Å². The van der Waals surface area contributed by atoms with Crippen LogP contribution in [0.4, 0.5) is 0 Å². The summed E-state index contributed by atoms with van der Waals surface area (Å²) in [5.41, 5.74) is 2.34. The summed E-state index contributed by atoms with van der Waals surface area (Å²) in [6, 6.07) is 20.4. The molecule has 0 saturated heterocycles. The number of rotatable bonds is 12. The summed E-state index contributed by atoms with van der Waals surface area (Å²) in [5.74, 6) is 0. The third kappa shape index (κ3) is 7.69. The number of aliphatic hydroxyl groups excluding tert-OH is 1. The number of hydrogen-bond acceptors (Lipinski definition) is 3. The van der Waals surface area contributed by atoms with E-state index in [2.05, 4.69) is 31.2 Å². The second-order valence-corrected chi connectivity index (χ2v) is 6.83. The SMILES string of the molecule is CCC(O)CCC[C@@H](OCc1ccccc1)[C@@H](C)OCc1ccccc1. The van der Waals surface area contributed by atoms with Gasteiger partial charge in [0, 0.05) is 0 Å². The van der Waals surface area contributed by atoms with E-state index in [0.717, 1.165) is 25.7 Å². The molecule has 0 bridgehead atoms. The van der Waals surface area contributed by atoms with Crippen molar-refractivity contribution in [3.8, 4) is 0 Å². The Morgan fingerprint density at radius 2 is 1.35 bits per heavy atom. The molecule has 0 heterocycles. The van der Waals surface area contributed by atoms with Crippen LogP contribution in [0.2, 0.25) is 0 Å². The van der Waals surface area contributed by atoms with Crippen LogP contribution in [0, 0.1) is 0 Å². The topological polar surface area (TPSA) is 38.7 Å². The Morgan fingerprint density at radius 1 is 0.808 bits per heavy atom. The predicted molar refractivity (Wildman–Crippen MR) is 106 cm³/mol. The molecule has 1 unspecified atom stereocenters. The van der Waals surface area contributed by atoms with Crippen molar-refractivity contribution in [2.24, 2.45) is 0 Å². The van der Waals surface area contributed by atoms with Gasteiger partial charge < -0.3 is 14.6 Å². The van der Waals surface area contributed by atoms with Gasteiger partial charge in [-0.15, -0.1) is 0 Å². The summed E-state index contributed by atoms with van der Waals surface area (Å²) >= 11 is 0. The van der Waals surface area contributed by atoms with Crippen molar-refractivity contribution in [2.75, 3.05) is 0 Å². The van der Waals surface area contributed by atoms with Crippen molar-refractivity contribution in [3.63, 3.8) is 0 Å². The molecule has 2 rings (SSSR count). The average molecular weight is 357 g/mol. The van der Waals surface area contributed by atoms with Gasteiger partial charge in [-0.1, -0.05) is 67.6 Å². The van der Waals surface area contributed by atoms with Gasteiger partial charge in [0.25, 0.3) is 0 Å². The van der Waals surface area contributed by atoms with E-state index in [-0.39, 0.29) is 18.3 Å². The Morgan fingerprint density at radius 3 is 1.88 bits per heavy atom. The largest absolute Gasteiger partial charge is 0.393 e. The van der Waals surface area contributed by atoms with E-state index in [1.165, 1.54) is 11.1 Å². The van der Waals surface area contributed by atoms with Crippen molar-refractivity contribution in [2.45, 2.75) is 71.1 Å². The summed E-state index contributed by atoms with van der Waals surface area (Å²) in [4.78, 5) is 0. The molecule has 0 aliphatic rings. The summed E-state index contributed by atoms with van der Waals surface area (Å²) in [6.45, 7) is 5.26. The van der Waals surface area contributed by atoms with E-state index < -0.39 is 0 Å². The van der Waals surface area contributed by atoms with Crippen LogP contribution in [0.25, 0.3) is 0 Å². The predicted octanol–water partition coefficient (Wildman–Crippen LogP) is 5.12. The minimum Gasteiger partial charge on any atom is -0.393 e. The molecule has 3 heteroatoms. The maximum atomic E-state index is 9.80. The van der Waals surface area contributed by atoms with Gasteiger partial charge in [0.05, 0.1) is 31.5 Å². The Kier molecular flexibility index (Phi) is 9.40. The normalized spacial score (nSPS) is 14.7. The van der Waals surface area contributed by atoms with E-state index in [9.17, 15) is 5.11 Å². The number of benzene rings is 2. The van der Waals surface area contributed by atoms with Gasteiger partial charge in [0.1, 0.15) is 0 Å². The Hall–Kier alpha value is -1.68. The second-order valence-electron chi connectivity index (χ2n) is 6.83. The van der Waals surface area contributed by atoms with Gasteiger partial charge in [-0.2, -0.15) is 0 Å². The van der Waals surface area contributed by atoms with Gasteiger partial charge in [-0.05, 0) is 43.7 Å². The second kappa shape index (κ2) is 11.8. The van der Waals surface area contributed by atoms with E-state index in [1.54, 1.807) is 0 Å². The molecular formula is C23H32O3. The van der Waals surface area contributed by atoms with Crippen molar-refractivity contribution in [3.05, 3.63) is 71.8 Å². The smallest absolute Gasteiger partial charge is 0.0838 e. The summed E-state index contributed by atoms with van der Waals surface area (Å²) in [7, 11) is 0.